The average Bonchev–Trinajstić information content (AvgIpc) is 2.63. The molecule has 1 aromatic carbocycles. The molecule has 1 spiro atoms. The third kappa shape index (κ3) is 4.06. The van der Waals surface area contributed by atoms with Crippen LogP contribution in [0.15, 0.2) is 30.3 Å². The van der Waals surface area contributed by atoms with Crippen molar-refractivity contribution in [1.29, 1.82) is 0 Å². The van der Waals surface area contributed by atoms with Gasteiger partial charge in [-0.15, -0.1) is 0 Å². The largest absolute Gasteiger partial charge is 0.482 e. The van der Waals surface area contributed by atoms with Gasteiger partial charge in [-0.3, -0.25) is 4.79 Å². The van der Waals surface area contributed by atoms with Crippen molar-refractivity contribution in [3.8, 4) is 5.75 Å². The lowest BCUT2D eigenvalue weighted by Gasteiger charge is -2.40. The SMILES string of the molecule is CCN(CC)C(=O)CCCC1=CC2(CCNCC2)Oc2ccccc21. The minimum absolute atomic E-state index is 0.169. The summed E-state index contributed by atoms with van der Waals surface area (Å²) in [7, 11) is 0. The topological polar surface area (TPSA) is 41.6 Å². The van der Waals surface area contributed by atoms with Crippen LogP contribution in [0.3, 0.4) is 0 Å². The third-order valence-corrected chi connectivity index (χ3v) is 5.39. The minimum atomic E-state index is -0.169. The lowest BCUT2D eigenvalue weighted by molar-refractivity contribution is -0.130. The maximum atomic E-state index is 12.3. The molecule has 1 saturated heterocycles. The quantitative estimate of drug-likeness (QED) is 0.858. The number of amides is 1. The second-order valence-electron chi connectivity index (χ2n) is 7.00. The van der Waals surface area contributed by atoms with E-state index in [1.165, 1.54) is 11.1 Å². The fraction of sp³-hybridized carbons (Fsp3) is 0.571. The van der Waals surface area contributed by atoms with Gasteiger partial charge in [0, 0.05) is 37.9 Å². The van der Waals surface area contributed by atoms with E-state index < -0.39 is 0 Å². The molecule has 0 atom stereocenters. The Bertz CT molecular complexity index is 629. The number of allylic oxidation sites excluding steroid dienone is 1. The number of para-hydroxylation sites is 1. The molecule has 4 nitrogen and oxygen atoms in total. The van der Waals surface area contributed by atoms with Crippen molar-refractivity contribution in [2.45, 2.75) is 51.6 Å². The van der Waals surface area contributed by atoms with Gasteiger partial charge in [0.1, 0.15) is 11.4 Å². The predicted molar refractivity (Wildman–Crippen MR) is 102 cm³/mol. The average molecular weight is 342 g/mol. The van der Waals surface area contributed by atoms with Gasteiger partial charge in [0.2, 0.25) is 5.91 Å². The number of fused-ring (bicyclic) bond motifs is 1. The van der Waals surface area contributed by atoms with Gasteiger partial charge in [-0.25, -0.2) is 0 Å². The van der Waals surface area contributed by atoms with E-state index in [1.54, 1.807) is 0 Å². The van der Waals surface area contributed by atoms with Gasteiger partial charge in [-0.2, -0.15) is 0 Å². The first-order valence-electron chi connectivity index (χ1n) is 9.66. The molecule has 1 fully saturated rings. The molecule has 1 amide bonds. The third-order valence-electron chi connectivity index (χ3n) is 5.39. The van der Waals surface area contributed by atoms with Crippen LogP contribution in [0.1, 0.15) is 51.5 Å². The zero-order valence-electron chi connectivity index (χ0n) is 15.5. The van der Waals surface area contributed by atoms with E-state index in [-0.39, 0.29) is 11.5 Å². The fourth-order valence-corrected chi connectivity index (χ4v) is 3.93. The van der Waals surface area contributed by atoms with Crippen LogP contribution in [-0.4, -0.2) is 42.6 Å². The number of hydrogen-bond donors (Lipinski definition) is 1. The summed E-state index contributed by atoms with van der Waals surface area (Å²) >= 11 is 0. The van der Waals surface area contributed by atoms with Crippen LogP contribution in [-0.2, 0) is 4.79 Å². The van der Waals surface area contributed by atoms with Crippen molar-refractivity contribution in [3.63, 3.8) is 0 Å². The maximum Gasteiger partial charge on any atom is 0.222 e. The summed E-state index contributed by atoms with van der Waals surface area (Å²) in [4.78, 5) is 14.2. The lowest BCUT2D eigenvalue weighted by atomic mass is 9.84. The number of carbonyl (C=O) groups excluding carboxylic acids is 1. The van der Waals surface area contributed by atoms with Crippen molar-refractivity contribution >= 4 is 11.5 Å². The van der Waals surface area contributed by atoms with E-state index in [9.17, 15) is 4.79 Å². The Morgan fingerprint density at radius 2 is 1.92 bits per heavy atom. The number of rotatable bonds is 6. The molecular formula is C21H30N2O2. The second-order valence-corrected chi connectivity index (χ2v) is 7.00. The molecule has 0 saturated carbocycles. The van der Waals surface area contributed by atoms with Crippen LogP contribution in [0, 0.1) is 0 Å². The summed E-state index contributed by atoms with van der Waals surface area (Å²) in [5.41, 5.74) is 2.37. The van der Waals surface area contributed by atoms with E-state index in [1.807, 2.05) is 24.8 Å². The summed E-state index contributed by atoms with van der Waals surface area (Å²) in [5, 5.41) is 3.42. The molecular weight excluding hydrogens is 312 g/mol. The van der Waals surface area contributed by atoms with Crippen molar-refractivity contribution in [3.05, 3.63) is 35.9 Å². The van der Waals surface area contributed by atoms with Crippen LogP contribution < -0.4 is 10.1 Å². The highest BCUT2D eigenvalue weighted by molar-refractivity contribution is 5.77. The van der Waals surface area contributed by atoms with Crippen molar-refractivity contribution in [2.75, 3.05) is 26.2 Å². The number of hydrogen-bond acceptors (Lipinski definition) is 3. The lowest BCUT2D eigenvalue weighted by Crippen LogP contribution is -2.46. The summed E-state index contributed by atoms with van der Waals surface area (Å²) in [5.74, 6) is 1.26. The minimum Gasteiger partial charge on any atom is -0.482 e. The molecule has 0 bridgehead atoms. The number of nitrogens with one attached hydrogen (secondary N) is 1. The highest BCUT2D eigenvalue weighted by Gasteiger charge is 2.36. The number of nitrogens with zero attached hydrogens (tertiary/aromatic N) is 1. The molecule has 0 unspecified atom stereocenters. The van der Waals surface area contributed by atoms with Gasteiger partial charge in [0.05, 0.1) is 0 Å². The maximum absolute atomic E-state index is 12.3. The van der Waals surface area contributed by atoms with Gasteiger partial charge >= 0.3 is 0 Å². The highest BCUT2D eigenvalue weighted by atomic mass is 16.5. The summed E-state index contributed by atoms with van der Waals surface area (Å²) < 4.78 is 6.40. The molecule has 2 heterocycles. The Hall–Kier alpha value is -1.81. The van der Waals surface area contributed by atoms with Crippen molar-refractivity contribution in [2.24, 2.45) is 0 Å². The molecule has 1 aromatic rings. The number of carbonyl (C=O) groups is 1. The zero-order valence-corrected chi connectivity index (χ0v) is 15.5. The van der Waals surface area contributed by atoms with Gasteiger partial charge in [-0.1, -0.05) is 18.2 Å². The van der Waals surface area contributed by atoms with E-state index in [0.717, 1.165) is 57.6 Å². The van der Waals surface area contributed by atoms with Crippen molar-refractivity contribution in [1.82, 2.24) is 10.2 Å². The first-order valence-corrected chi connectivity index (χ1v) is 9.66. The second kappa shape index (κ2) is 8.05. The summed E-state index contributed by atoms with van der Waals surface area (Å²) in [6.07, 6.45) is 6.80. The van der Waals surface area contributed by atoms with Crippen LogP contribution >= 0.6 is 0 Å². The monoisotopic (exact) mass is 342 g/mol. The number of ether oxygens (including phenoxy) is 1. The number of piperidine rings is 1. The van der Waals surface area contributed by atoms with E-state index in [4.69, 9.17) is 4.74 Å². The zero-order chi connectivity index (χ0) is 17.7. The van der Waals surface area contributed by atoms with Crippen LogP contribution in [0.4, 0.5) is 0 Å². The Labute approximate surface area is 151 Å². The molecule has 136 valence electrons. The van der Waals surface area contributed by atoms with E-state index in [2.05, 4.69) is 29.6 Å². The fourth-order valence-electron chi connectivity index (χ4n) is 3.93. The van der Waals surface area contributed by atoms with Gasteiger partial charge in [0.25, 0.3) is 0 Å². The molecule has 0 aromatic heterocycles. The summed E-state index contributed by atoms with van der Waals surface area (Å²) in [6, 6.07) is 8.33. The van der Waals surface area contributed by atoms with Gasteiger partial charge in [0.15, 0.2) is 0 Å². The molecule has 2 aliphatic rings. The summed E-state index contributed by atoms with van der Waals surface area (Å²) in [6.45, 7) is 7.66. The molecule has 4 heteroatoms. The first-order chi connectivity index (χ1) is 12.2. The Morgan fingerprint density at radius 1 is 1.20 bits per heavy atom. The standard InChI is InChI=1S/C21H30N2O2/c1-3-23(4-2)20(24)11-7-8-17-16-21(12-14-22-15-13-21)25-19-10-6-5-9-18(17)19/h5-6,9-10,16,22H,3-4,7-8,11-15H2,1-2H3. The number of benzene rings is 1. The van der Waals surface area contributed by atoms with Crippen LogP contribution in [0.25, 0.3) is 5.57 Å². The molecule has 25 heavy (non-hydrogen) atoms. The molecule has 2 aliphatic heterocycles. The molecule has 1 N–H and O–H groups in total. The van der Waals surface area contributed by atoms with Crippen LogP contribution in [0.2, 0.25) is 0 Å². The molecule has 0 aliphatic carbocycles. The predicted octanol–water partition coefficient (Wildman–Crippen LogP) is 3.62. The van der Waals surface area contributed by atoms with Gasteiger partial charge in [-0.05, 0) is 57.5 Å². The Balaban J connectivity index is 1.72. The van der Waals surface area contributed by atoms with Crippen molar-refractivity contribution < 1.29 is 9.53 Å². The normalized spacial score (nSPS) is 18.2. The molecule has 3 rings (SSSR count). The van der Waals surface area contributed by atoms with Gasteiger partial charge < -0.3 is 15.0 Å². The Kier molecular flexibility index (Phi) is 5.79. The van der Waals surface area contributed by atoms with E-state index >= 15 is 0 Å². The molecule has 0 radical (unpaired) electrons. The Morgan fingerprint density at radius 3 is 2.64 bits per heavy atom. The highest BCUT2D eigenvalue weighted by Crippen LogP contribution is 2.41. The smallest absolute Gasteiger partial charge is 0.222 e. The van der Waals surface area contributed by atoms with Crippen LogP contribution in [0.5, 0.6) is 5.75 Å². The van der Waals surface area contributed by atoms with E-state index in [0.29, 0.717) is 6.42 Å². The first kappa shape index (κ1) is 18.0.